The van der Waals surface area contributed by atoms with Gasteiger partial charge in [0.15, 0.2) is 0 Å². The zero-order valence-corrected chi connectivity index (χ0v) is 8.56. The fraction of sp³-hybridized carbons (Fsp3) is 0.600. The number of hydrogen-bond acceptors (Lipinski definition) is 5. The third-order valence-electron chi connectivity index (χ3n) is 2.99. The molecule has 0 amide bonds. The maximum absolute atomic E-state index is 10.4. The molecule has 5 heteroatoms. The van der Waals surface area contributed by atoms with Gasteiger partial charge in [-0.05, 0) is 25.9 Å². The predicted molar refractivity (Wildman–Crippen MR) is 56.0 cm³/mol. The standard InChI is InChI=1S/C10H16N4O/c11-9(8-5-13-7-14-6-8)10(15)1-3-12-4-2-10/h5-7,9,12,15H,1-4,11H2. The molecule has 2 heterocycles. The van der Waals surface area contributed by atoms with Crippen LogP contribution in [0.4, 0.5) is 0 Å². The van der Waals surface area contributed by atoms with Crippen molar-refractivity contribution in [3.05, 3.63) is 24.3 Å². The van der Waals surface area contributed by atoms with Crippen molar-refractivity contribution in [2.24, 2.45) is 5.73 Å². The Morgan fingerprint density at radius 2 is 1.93 bits per heavy atom. The van der Waals surface area contributed by atoms with E-state index in [2.05, 4.69) is 15.3 Å². The fourth-order valence-corrected chi connectivity index (χ4v) is 1.95. The summed E-state index contributed by atoms with van der Waals surface area (Å²) in [7, 11) is 0. The molecule has 1 atom stereocenters. The minimum Gasteiger partial charge on any atom is -0.388 e. The maximum Gasteiger partial charge on any atom is 0.115 e. The molecule has 1 aromatic heterocycles. The SMILES string of the molecule is NC(c1cncnc1)C1(O)CCNCC1. The van der Waals surface area contributed by atoms with E-state index in [4.69, 9.17) is 5.73 Å². The van der Waals surface area contributed by atoms with Crippen LogP contribution < -0.4 is 11.1 Å². The zero-order chi connectivity index (χ0) is 10.7. The smallest absolute Gasteiger partial charge is 0.115 e. The van der Waals surface area contributed by atoms with E-state index >= 15 is 0 Å². The van der Waals surface area contributed by atoms with E-state index in [1.165, 1.54) is 6.33 Å². The molecule has 1 aliphatic heterocycles. The van der Waals surface area contributed by atoms with Gasteiger partial charge in [0.2, 0.25) is 0 Å². The normalized spacial score (nSPS) is 22.3. The number of aromatic nitrogens is 2. The summed E-state index contributed by atoms with van der Waals surface area (Å²) in [6.07, 6.45) is 6.13. The molecule has 2 rings (SSSR count). The monoisotopic (exact) mass is 208 g/mol. The quantitative estimate of drug-likeness (QED) is 0.615. The summed E-state index contributed by atoms with van der Waals surface area (Å²) in [5.41, 5.74) is 6.02. The molecular formula is C10H16N4O. The Labute approximate surface area is 88.7 Å². The first-order valence-corrected chi connectivity index (χ1v) is 5.16. The lowest BCUT2D eigenvalue weighted by Crippen LogP contribution is -2.49. The van der Waals surface area contributed by atoms with Crippen molar-refractivity contribution >= 4 is 0 Å². The Kier molecular flexibility index (Phi) is 2.95. The molecule has 1 aliphatic rings. The first kappa shape index (κ1) is 10.5. The number of hydrogen-bond donors (Lipinski definition) is 3. The third-order valence-corrected chi connectivity index (χ3v) is 2.99. The maximum atomic E-state index is 10.4. The van der Waals surface area contributed by atoms with Crippen LogP contribution in [0, 0.1) is 0 Å². The second-order valence-electron chi connectivity index (χ2n) is 4.00. The largest absolute Gasteiger partial charge is 0.388 e. The molecule has 1 aromatic rings. The van der Waals surface area contributed by atoms with Crippen molar-refractivity contribution in [3.8, 4) is 0 Å². The molecule has 1 saturated heterocycles. The summed E-state index contributed by atoms with van der Waals surface area (Å²) < 4.78 is 0. The Hall–Kier alpha value is -1.04. The second-order valence-corrected chi connectivity index (χ2v) is 4.00. The fourth-order valence-electron chi connectivity index (χ4n) is 1.95. The summed E-state index contributed by atoms with van der Waals surface area (Å²) in [6.45, 7) is 1.61. The van der Waals surface area contributed by atoms with Gasteiger partial charge in [-0.15, -0.1) is 0 Å². The number of nitrogens with one attached hydrogen (secondary N) is 1. The first-order chi connectivity index (χ1) is 7.22. The molecule has 82 valence electrons. The van der Waals surface area contributed by atoms with Gasteiger partial charge in [0.05, 0.1) is 11.6 Å². The molecule has 0 aliphatic carbocycles. The Morgan fingerprint density at radius 3 is 2.53 bits per heavy atom. The molecule has 15 heavy (non-hydrogen) atoms. The van der Waals surface area contributed by atoms with Gasteiger partial charge in [0.25, 0.3) is 0 Å². The van der Waals surface area contributed by atoms with Crippen LogP contribution in [-0.2, 0) is 0 Å². The predicted octanol–water partition coefficient (Wildman–Crippen LogP) is -0.409. The summed E-state index contributed by atoms with van der Waals surface area (Å²) in [6, 6.07) is -0.402. The van der Waals surface area contributed by atoms with Gasteiger partial charge in [0, 0.05) is 18.0 Å². The van der Waals surface area contributed by atoms with Crippen molar-refractivity contribution in [1.29, 1.82) is 0 Å². The van der Waals surface area contributed by atoms with Gasteiger partial charge in [-0.25, -0.2) is 9.97 Å². The number of piperidine rings is 1. The molecule has 0 saturated carbocycles. The molecule has 0 spiro atoms. The molecular weight excluding hydrogens is 192 g/mol. The van der Waals surface area contributed by atoms with Crippen LogP contribution in [0.25, 0.3) is 0 Å². The highest BCUT2D eigenvalue weighted by Crippen LogP contribution is 2.30. The zero-order valence-electron chi connectivity index (χ0n) is 8.56. The van der Waals surface area contributed by atoms with Crippen LogP contribution in [-0.4, -0.2) is 33.8 Å². The topological polar surface area (TPSA) is 84.1 Å². The average Bonchev–Trinajstić information content (AvgIpc) is 2.30. The highest BCUT2D eigenvalue weighted by atomic mass is 16.3. The van der Waals surface area contributed by atoms with Crippen molar-refractivity contribution in [2.45, 2.75) is 24.5 Å². The first-order valence-electron chi connectivity index (χ1n) is 5.16. The molecule has 1 unspecified atom stereocenters. The van der Waals surface area contributed by atoms with E-state index in [-0.39, 0.29) is 0 Å². The molecule has 5 nitrogen and oxygen atoms in total. The summed E-state index contributed by atoms with van der Waals surface area (Å²) in [5.74, 6) is 0. The van der Waals surface area contributed by atoms with Gasteiger partial charge in [-0.1, -0.05) is 0 Å². The molecule has 0 radical (unpaired) electrons. The van der Waals surface area contributed by atoms with Crippen molar-refractivity contribution < 1.29 is 5.11 Å². The highest BCUT2D eigenvalue weighted by molar-refractivity contribution is 5.14. The van der Waals surface area contributed by atoms with Crippen LogP contribution in [0.3, 0.4) is 0 Å². The lowest BCUT2D eigenvalue weighted by Gasteiger charge is -2.37. The van der Waals surface area contributed by atoms with Crippen molar-refractivity contribution in [3.63, 3.8) is 0 Å². The number of rotatable bonds is 2. The molecule has 4 N–H and O–H groups in total. The lowest BCUT2D eigenvalue weighted by molar-refractivity contribution is -0.0144. The number of nitrogens with two attached hydrogens (primary N) is 1. The van der Waals surface area contributed by atoms with E-state index < -0.39 is 11.6 Å². The van der Waals surface area contributed by atoms with Crippen LogP contribution in [0.1, 0.15) is 24.4 Å². The van der Waals surface area contributed by atoms with Gasteiger partial charge in [-0.2, -0.15) is 0 Å². The minimum atomic E-state index is -0.823. The molecule has 0 aromatic carbocycles. The third kappa shape index (κ3) is 2.14. The number of nitrogens with zero attached hydrogens (tertiary/aromatic N) is 2. The van der Waals surface area contributed by atoms with E-state index in [9.17, 15) is 5.11 Å². The van der Waals surface area contributed by atoms with Gasteiger partial charge >= 0.3 is 0 Å². The van der Waals surface area contributed by atoms with Crippen LogP contribution in [0.2, 0.25) is 0 Å². The van der Waals surface area contributed by atoms with E-state index in [0.29, 0.717) is 12.8 Å². The van der Waals surface area contributed by atoms with Crippen molar-refractivity contribution in [1.82, 2.24) is 15.3 Å². The summed E-state index contributed by atoms with van der Waals surface area (Å²) >= 11 is 0. The van der Waals surface area contributed by atoms with E-state index in [0.717, 1.165) is 18.7 Å². The van der Waals surface area contributed by atoms with Crippen LogP contribution in [0.15, 0.2) is 18.7 Å². The Bertz CT molecular complexity index is 310. The van der Waals surface area contributed by atoms with Crippen molar-refractivity contribution in [2.75, 3.05) is 13.1 Å². The van der Waals surface area contributed by atoms with Gasteiger partial charge in [-0.3, -0.25) is 0 Å². The molecule has 1 fully saturated rings. The van der Waals surface area contributed by atoms with Gasteiger partial charge in [0.1, 0.15) is 6.33 Å². The van der Waals surface area contributed by atoms with Gasteiger partial charge < -0.3 is 16.2 Å². The summed E-state index contributed by atoms with van der Waals surface area (Å²) in [4.78, 5) is 7.83. The van der Waals surface area contributed by atoms with E-state index in [1.807, 2.05) is 0 Å². The van der Waals surface area contributed by atoms with E-state index in [1.54, 1.807) is 12.4 Å². The highest BCUT2D eigenvalue weighted by Gasteiger charge is 2.36. The Morgan fingerprint density at radius 1 is 1.33 bits per heavy atom. The lowest BCUT2D eigenvalue weighted by atomic mass is 9.83. The van der Waals surface area contributed by atoms with Crippen LogP contribution in [0.5, 0.6) is 0 Å². The Balaban J connectivity index is 2.16. The minimum absolute atomic E-state index is 0.402. The van der Waals surface area contributed by atoms with Crippen LogP contribution >= 0.6 is 0 Å². The summed E-state index contributed by atoms with van der Waals surface area (Å²) in [5, 5.41) is 13.6. The second kappa shape index (κ2) is 4.22. The average molecular weight is 208 g/mol. The molecule has 0 bridgehead atoms. The number of aliphatic hydroxyl groups is 1.